The van der Waals surface area contributed by atoms with Gasteiger partial charge in [0.15, 0.2) is 0 Å². The quantitative estimate of drug-likeness (QED) is 0.778. The summed E-state index contributed by atoms with van der Waals surface area (Å²) in [5, 5.41) is 16.0. The van der Waals surface area contributed by atoms with Gasteiger partial charge in [0, 0.05) is 25.2 Å². The molecule has 3 N–H and O–H groups in total. The van der Waals surface area contributed by atoms with Crippen LogP contribution in [0.15, 0.2) is 24.3 Å². The Morgan fingerprint density at radius 3 is 2.58 bits per heavy atom. The maximum absolute atomic E-state index is 10.9. The van der Waals surface area contributed by atoms with Gasteiger partial charge < -0.3 is 15.7 Å². The Balaban J connectivity index is 1.84. The summed E-state index contributed by atoms with van der Waals surface area (Å²) in [7, 11) is 0. The lowest BCUT2D eigenvalue weighted by Gasteiger charge is -2.28. The fraction of sp³-hybridized carbons (Fsp3) is 0.533. The van der Waals surface area contributed by atoms with Crippen LogP contribution in [0.25, 0.3) is 0 Å². The number of anilines is 1. The van der Waals surface area contributed by atoms with Crippen molar-refractivity contribution in [2.45, 2.75) is 51.3 Å². The molecule has 4 heteroatoms. The van der Waals surface area contributed by atoms with Crippen molar-refractivity contribution < 1.29 is 9.90 Å². The zero-order chi connectivity index (χ0) is 13.7. The Morgan fingerprint density at radius 1 is 1.26 bits per heavy atom. The highest BCUT2D eigenvalue weighted by Gasteiger charge is 2.21. The van der Waals surface area contributed by atoms with Gasteiger partial charge >= 0.3 is 0 Å². The molecule has 0 heterocycles. The smallest absolute Gasteiger partial charge is 0.221 e. The van der Waals surface area contributed by atoms with E-state index in [1.165, 1.54) is 13.3 Å². The standard InChI is InChI=1S/C15H22N2O2/c1-11(18)17-13-8-6-12(7-9-13)10-16-14-4-2-3-5-15(14)19/h6-9,14-16,19H,2-5,10H2,1H3,(H,17,18). The molecule has 1 aromatic rings. The van der Waals surface area contributed by atoms with E-state index >= 15 is 0 Å². The summed E-state index contributed by atoms with van der Waals surface area (Å²) in [4.78, 5) is 10.9. The van der Waals surface area contributed by atoms with Gasteiger partial charge in [-0.3, -0.25) is 4.79 Å². The topological polar surface area (TPSA) is 61.4 Å². The summed E-state index contributed by atoms with van der Waals surface area (Å²) < 4.78 is 0. The maximum Gasteiger partial charge on any atom is 0.221 e. The third kappa shape index (κ3) is 4.33. The van der Waals surface area contributed by atoms with E-state index < -0.39 is 0 Å². The highest BCUT2D eigenvalue weighted by molar-refractivity contribution is 5.88. The highest BCUT2D eigenvalue weighted by atomic mass is 16.3. The van der Waals surface area contributed by atoms with Gasteiger partial charge in [0.05, 0.1) is 6.10 Å². The molecule has 0 aromatic heterocycles. The first-order valence-corrected chi connectivity index (χ1v) is 6.93. The van der Waals surface area contributed by atoms with Crippen molar-refractivity contribution in [1.29, 1.82) is 0 Å². The lowest BCUT2D eigenvalue weighted by Crippen LogP contribution is -2.41. The molecule has 2 unspecified atom stereocenters. The number of rotatable bonds is 4. The molecule has 0 bridgehead atoms. The van der Waals surface area contributed by atoms with Gasteiger partial charge in [0.2, 0.25) is 5.91 Å². The average Bonchev–Trinajstić information content (AvgIpc) is 2.39. The summed E-state index contributed by atoms with van der Waals surface area (Å²) in [5.41, 5.74) is 1.97. The molecule has 0 aliphatic heterocycles. The van der Waals surface area contributed by atoms with Crippen molar-refractivity contribution in [3.8, 4) is 0 Å². The molecule has 2 rings (SSSR count). The van der Waals surface area contributed by atoms with Gasteiger partial charge in [-0.25, -0.2) is 0 Å². The summed E-state index contributed by atoms with van der Waals surface area (Å²) >= 11 is 0. The molecule has 19 heavy (non-hydrogen) atoms. The zero-order valence-corrected chi connectivity index (χ0v) is 11.4. The van der Waals surface area contributed by atoms with Crippen LogP contribution in [0.2, 0.25) is 0 Å². The number of carbonyl (C=O) groups excluding carboxylic acids is 1. The number of hydrogen-bond donors (Lipinski definition) is 3. The van der Waals surface area contributed by atoms with E-state index in [0.717, 1.165) is 37.1 Å². The van der Waals surface area contributed by atoms with Crippen LogP contribution in [0.5, 0.6) is 0 Å². The van der Waals surface area contributed by atoms with Crippen LogP contribution in [0.3, 0.4) is 0 Å². The molecule has 1 aliphatic rings. The third-order valence-electron chi connectivity index (χ3n) is 3.57. The second-order valence-corrected chi connectivity index (χ2v) is 5.22. The lowest BCUT2D eigenvalue weighted by atomic mass is 9.92. The van der Waals surface area contributed by atoms with Gasteiger partial charge in [-0.2, -0.15) is 0 Å². The minimum absolute atomic E-state index is 0.0591. The van der Waals surface area contributed by atoms with E-state index in [4.69, 9.17) is 0 Å². The molecule has 0 spiro atoms. The van der Waals surface area contributed by atoms with Crippen molar-refractivity contribution >= 4 is 11.6 Å². The van der Waals surface area contributed by atoms with E-state index in [2.05, 4.69) is 10.6 Å². The second-order valence-electron chi connectivity index (χ2n) is 5.22. The SMILES string of the molecule is CC(=O)Nc1ccc(CNC2CCCCC2O)cc1. The Kier molecular flexibility index (Phi) is 4.93. The molecule has 1 saturated carbocycles. The normalized spacial score (nSPS) is 23.1. The van der Waals surface area contributed by atoms with Crippen LogP contribution < -0.4 is 10.6 Å². The second kappa shape index (κ2) is 6.68. The van der Waals surface area contributed by atoms with Gasteiger partial charge in [0.25, 0.3) is 0 Å². The zero-order valence-electron chi connectivity index (χ0n) is 11.4. The summed E-state index contributed by atoms with van der Waals surface area (Å²) in [5.74, 6) is -0.0591. The Bertz CT molecular complexity index is 417. The Labute approximate surface area is 114 Å². The predicted octanol–water partition coefficient (Wildman–Crippen LogP) is 2.04. The van der Waals surface area contributed by atoms with Crippen molar-refractivity contribution in [3.63, 3.8) is 0 Å². The number of benzene rings is 1. The minimum Gasteiger partial charge on any atom is -0.392 e. The maximum atomic E-state index is 10.9. The monoisotopic (exact) mass is 262 g/mol. The number of nitrogens with one attached hydrogen (secondary N) is 2. The van der Waals surface area contributed by atoms with Crippen LogP contribution in [-0.4, -0.2) is 23.2 Å². The molecule has 104 valence electrons. The lowest BCUT2D eigenvalue weighted by molar-refractivity contribution is -0.114. The fourth-order valence-corrected chi connectivity index (χ4v) is 2.51. The van der Waals surface area contributed by atoms with E-state index in [9.17, 15) is 9.90 Å². The third-order valence-corrected chi connectivity index (χ3v) is 3.57. The summed E-state index contributed by atoms with van der Waals surface area (Å²) in [6.07, 6.45) is 4.05. The number of carbonyl (C=O) groups is 1. The van der Waals surface area contributed by atoms with Gasteiger partial charge in [-0.05, 0) is 30.5 Å². The number of amides is 1. The molecule has 0 radical (unpaired) electrons. The van der Waals surface area contributed by atoms with Crippen LogP contribution >= 0.6 is 0 Å². The molecular weight excluding hydrogens is 240 g/mol. The molecule has 0 saturated heterocycles. The Hall–Kier alpha value is -1.39. The highest BCUT2D eigenvalue weighted by Crippen LogP contribution is 2.19. The first-order chi connectivity index (χ1) is 9.15. The Morgan fingerprint density at radius 2 is 1.95 bits per heavy atom. The number of aliphatic hydroxyl groups is 1. The summed E-state index contributed by atoms with van der Waals surface area (Å²) in [6, 6.07) is 8.00. The van der Waals surface area contributed by atoms with Crippen LogP contribution in [0.4, 0.5) is 5.69 Å². The van der Waals surface area contributed by atoms with Gasteiger partial charge in [-0.15, -0.1) is 0 Å². The average molecular weight is 262 g/mol. The van der Waals surface area contributed by atoms with Crippen LogP contribution in [-0.2, 0) is 11.3 Å². The predicted molar refractivity (Wildman–Crippen MR) is 75.8 cm³/mol. The first kappa shape index (κ1) is 14.0. The van der Waals surface area contributed by atoms with Crippen molar-refractivity contribution in [2.75, 3.05) is 5.32 Å². The van der Waals surface area contributed by atoms with Crippen molar-refractivity contribution in [3.05, 3.63) is 29.8 Å². The van der Waals surface area contributed by atoms with Crippen LogP contribution in [0, 0.1) is 0 Å². The number of hydrogen-bond acceptors (Lipinski definition) is 3. The minimum atomic E-state index is -0.215. The molecule has 1 aliphatic carbocycles. The molecule has 1 amide bonds. The van der Waals surface area contributed by atoms with Gasteiger partial charge in [-0.1, -0.05) is 25.0 Å². The van der Waals surface area contributed by atoms with E-state index in [1.807, 2.05) is 24.3 Å². The van der Waals surface area contributed by atoms with Crippen molar-refractivity contribution in [2.24, 2.45) is 0 Å². The molecule has 1 aromatic carbocycles. The molecule has 2 atom stereocenters. The van der Waals surface area contributed by atoms with E-state index in [-0.39, 0.29) is 18.1 Å². The van der Waals surface area contributed by atoms with Crippen LogP contribution in [0.1, 0.15) is 38.2 Å². The van der Waals surface area contributed by atoms with Crippen molar-refractivity contribution in [1.82, 2.24) is 5.32 Å². The van der Waals surface area contributed by atoms with E-state index in [1.54, 1.807) is 0 Å². The number of aliphatic hydroxyl groups excluding tert-OH is 1. The van der Waals surface area contributed by atoms with E-state index in [0.29, 0.717) is 0 Å². The molecular formula is C15H22N2O2. The largest absolute Gasteiger partial charge is 0.392 e. The van der Waals surface area contributed by atoms with Gasteiger partial charge in [0.1, 0.15) is 0 Å². The first-order valence-electron chi connectivity index (χ1n) is 6.93. The summed E-state index contributed by atoms with van der Waals surface area (Å²) in [6.45, 7) is 2.25. The fourth-order valence-electron chi connectivity index (χ4n) is 2.51. The molecule has 4 nitrogen and oxygen atoms in total. The molecule has 1 fully saturated rings.